The standard InChI is InChI=1S/C14H22N2O2S/c1-12-11-16(8-5-9-19(2,17)18)14-7-4-3-6-13(14)10-15-12/h3-4,6-7,12,15H,5,8-11H2,1-2H3. The molecule has 1 aromatic rings. The molecule has 0 fully saturated rings. The predicted octanol–water partition coefficient (Wildman–Crippen LogP) is 1.42. The maximum absolute atomic E-state index is 11.2. The van der Waals surface area contributed by atoms with Gasteiger partial charge in [0.2, 0.25) is 0 Å². The summed E-state index contributed by atoms with van der Waals surface area (Å²) in [6.45, 7) is 4.74. The van der Waals surface area contributed by atoms with Crippen LogP contribution in [0, 0.1) is 0 Å². The molecule has 1 aliphatic heterocycles. The molecule has 1 atom stereocenters. The lowest BCUT2D eigenvalue weighted by Gasteiger charge is -2.26. The van der Waals surface area contributed by atoms with Crippen molar-refractivity contribution in [3.8, 4) is 0 Å². The average molecular weight is 282 g/mol. The number of rotatable bonds is 4. The molecule has 106 valence electrons. The maximum Gasteiger partial charge on any atom is 0.147 e. The van der Waals surface area contributed by atoms with Crippen LogP contribution in [0.3, 0.4) is 0 Å². The SMILES string of the molecule is CC1CN(CCCS(C)(=O)=O)c2ccccc2CN1. The Hall–Kier alpha value is -1.07. The van der Waals surface area contributed by atoms with Gasteiger partial charge in [-0.3, -0.25) is 0 Å². The van der Waals surface area contributed by atoms with E-state index >= 15 is 0 Å². The molecule has 1 aromatic carbocycles. The number of anilines is 1. The minimum Gasteiger partial charge on any atom is -0.370 e. The topological polar surface area (TPSA) is 49.4 Å². The molecule has 0 saturated heterocycles. The van der Waals surface area contributed by atoms with Gasteiger partial charge >= 0.3 is 0 Å². The second-order valence-electron chi connectivity index (χ2n) is 5.34. The Balaban J connectivity index is 2.09. The van der Waals surface area contributed by atoms with E-state index in [9.17, 15) is 8.42 Å². The van der Waals surface area contributed by atoms with Crippen molar-refractivity contribution in [1.82, 2.24) is 5.32 Å². The zero-order chi connectivity index (χ0) is 13.9. The highest BCUT2D eigenvalue weighted by Gasteiger charge is 2.18. The van der Waals surface area contributed by atoms with Crippen LogP contribution in [-0.4, -0.2) is 39.6 Å². The van der Waals surface area contributed by atoms with Crippen LogP contribution in [0.2, 0.25) is 0 Å². The summed E-state index contributed by atoms with van der Waals surface area (Å²) in [7, 11) is -2.87. The minimum atomic E-state index is -2.87. The molecule has 19 heavy (non-hydrogen) atoms. The summed E-state index contributed by atoms with van der Waals surface area (Å²) in [6.07, 6.45) is 1.98. The number of nitrogens with one attached hydrogen (secondary N) is 1. The van der Waals surface area contributed by atoms with Crippen molar-refractivity contribution in [2.75, 3.05) is 30.0 Å². The van der Waals surface area contributed by atoms with Gasteiger partial charge in [-0.05, 0) is 25.0 Å². The van der Waals surface area contributed by atoms with Crippen LogP contribution >= 0.6 is 0 Å². The third kappa shape index (κ3) is 4.21. The predicted molar refractivity (Wildman–Crippen MR) is 79.3 cm³/mol. The molecule has 1 unspecified atom stereocenters. The molecule has 0 saturated carbocycles. The van der Waals surface area contributed by atoms with Crippen molar-refractivity contribution in [2.45, 2.75) is 25.9 Å². The first kappa shape index (κ1) is 14.3. The maximum atomic E-state index is 11.2. The number of hydrogen-bond acceptors (Lipinski definition) is 4. The van der Waals surface area contributed by atoms with Crippen molar-refractivity contribution in [2.24, 2.45) is 0 Å². The first-order valence-corrected chi connectivity index (χ1v) is 8.76. The largest absolute Gasteiger partial charge is 0.370 e. The monoisotopic (exact) mass is 282 g/mol. The summed E-state index contributed by atoms with van der Waals surface area (Å²) >= 11 is 0. The van der Waals surface area contributed by atoms with Gasteiger partial charge in [0.05, 0.1) is 5.75 Å². The minimum absolute atomic E-state index is 0.257. The van der Waals surface area contributed by atoms with Crippen molar-refractivity contribution in [1.29, 1.82) is 0 Å². The van der Waals surface area contributed by atoms with Crippen molar-refractivity contribution >= 4 is 15.5 Å². The van der Waals surface area contributed by atoms with E-state index in [1.54, 1.807) is 0 Å². The first-order valence-electron chi connectivity index (χ1n) is 6.70. The summed E-state index contributed by atoms with van der Waals surface area (Å²) in [4.78, 5) is 2.30. The van der Waals surface area contributed by atoms with E-state index in [0.717, 1.165) is 19.6 Å². The lowest BCUT2D eigenvalue weighted by atomic mass is 10.1. The lowest BCUT2D eigenvalue weighted by Crippen LogP contribution is -2.36. The van der Waals surface area contributed by atoms with Crippen LogP contribution in [0.5, 0.6) is 0 Å². The Kier molecular flexibility index (Phi) is 4.47. The van der Waals surface area contributed by atoms with E-state index in [1.807, 2.05) is 12.1 Å². The highest BCUT2D eigenvalue weighted by Crippen LogP contribution is 2.23. The molecular weight excluding hydrogens is 260 g/mol. The summed E-state index contributed by atoms with van der Waals surface area (Å²) in [5.41, 5.74) is 2.51. The number of nitrogens with zero attached hydrogens (tertiary/aromatic N) is 1. The molecule has 4 nitrogen and oxygen atoms in total. The van der Waals surface area contributed by atoms with E-state index in [-0.39, 0.29) is 5.75 Å². The fraction of sp³-hybridized carbons (Fsp3) is 0.571. The Morgan fingerprint density at radius 3 is 2.84 bits per heavy atom. The molecule has 0 radical (unpaired) electrons. The second kappa shape index (κ2) is 5.92. The van der Waals surface area contributed by atoms with Crippen molar-refractivity contribution < 1.29 is 8.42 Å². The van der Waals surface area contributed by atoms with Crippen LogP contribution in [0.4, 0.5) is 5.69 Å². The normalized spacial score (nSPS) is 19.9. The van der Waals surface area contributed by atoms with E-state index in [1.165, 1.54) is 17.5 Å². The number of sulfone groups is 1. The van der Waals surface area contributed by atoms with Crippen LogP contribution < -0.4 is 10.2 Å². The average Bonchev–Trinajstić information content (AvgIpc) is 2.48. The molecule has 1 N–H and O–H groups in total. The van der Waals surface area contributed by atoms with E-state index in [2.05, 4.69) is 29.3 Å². The van der Waals surface area contributed by atoms with Crippen LogP contribution in [0.25, 0.3) is 0 Å². The quantitative estimate of drug-likeness (QED) is 0.907. The van der Waals surface area contributed by atoms with Gasteiger partial charge in [0, 0.05) is 37.6 Å². The Morgan fingerprint density at radius 1 is 1.37 bits per heavy atom. The number of hydrogen-bond donors (Lipinski definition) is 1. The smallest absolute Gasteiger partial charge is 0.147 e. The third-order valence-corrected chi connectivity index (χ3v) is 4.44. The number of fused-ring (bicyclic) bond motifs is 1. The molecule has 0 amide bonds. The molecular formula is C14H22N2O2S. The fourth-order valence-corrected chi connectivity index (χ4v) is 3.13. The Bertz CT molecular complexity index is 528. The highest BCUT2D eigenvalue weighted by atomic mass is 32.2. The van der Waals surface area contributed by atoms with Gasteiger partial charge in [-0.25, -0.2) is 8.42 Å². The van der Waals surface area contributed by atoms with Gasteiger partial charge < -0.3 is 10.2 Å². The van der Waals surface area contributed by atoms with Gasteiger partial charge in [0.1, 0.15) is 9.84 Å². The molecule has 1 heterocycles. The second-order valence-corrected chi connectivity index (χ2v) is 7.60. The molecule has 0 spiro atoms. The molecule has 5 heteroatoms. The van der Waals surface area contributed by atoms with Gasteiger partial charge in [-0.1, -0.05) is 18.2 Å². The summed E-state index contributed by atoms with van der Waals surface area (Å²) in [5, 5.41) is 3.48. The zero-order valence-corrected chi connectivity index (χ0v) is 12.4. The van der Waals surface area contributed by atoms with Crippen LogP contribution in [-0.2, 0) is 16.4 Å². The molecule has 0 aromatic heterocycles. The van der Waals surface area contributed by atoms with Gasteiger partial charge in [0.25, 0.3) is 0 Å². The first-order chi connectivity index (χ1) is 8.96. The van der Waals surface area contributed by atoms with Crippen LogP contribution in [0.15, 0.2) is 24.3 Å². The van der Waals surface area contributed by atoms with E-state index < -0.39 is 9.84 Å². The van der Waals surface area contributed by atoms with Crippen molar-refractivity contribution in [3.05, 3.63) is 29.8 Å². The zero-order valence-electron chi connectivity index (χ0n) is 11.6. The molecule has 0 aliphatic carbocycles. The van der Waals surface area contributed by atoms with Crippen LogP contribution in [0.1, 0.15) is 18.9 Å². The Morgan fingerprint density at radius 2 is 2.11 bits per heavy atom. The molecule has 2 rings (SSSR count). The Labute approximate surface area is 115 Å². The highest BCUT2D eigenvalue weighted by molar-refractivity contribution is 7.90. The van der Waals surface area contributed by atoms with E-state index in [0.29, 0.717) is 12.5 Å². The third-order valence-electron chi connectivity index (χ3n) is 3.41. The van der Waals surface area contributed by atoms with Gasteiger partial charge in [0.15, 0.2) is 0 Å². The fourth-order valence-electron chi connectivity index (χ4n) is 2.48. The van der Waals surface area contributed by atoms with E-state index in [4.69, 9.17) is 0 Å². The summed E-state index contributed by atoms with van der Waals surface area (Å²) in [5.74, 6) is 0.257. The van der Waals surface area contributed by atoms with Crippen molar-refractivity contribution in [3.63, 3.8) is 0 Å². The number of benzene rings is 1. The lowest BCUT2D eigenvalue weighted by molar-refractivity contribution is 0.551. The summed E-state index contributed by atoms with van der Waals surface area (Å²) < 4.78 is 22.4. The number of para-hydroxylation sites is 1. The molecule has 0 bridgehead atoms. The summed E-state index contributed by atoms with van der Waals surface area (Å²) in [6, 6.07) is 8.74. The van der Waals surface area contributed by atoms with Gasteiger partial charge in [-0.2, -0.15) is 0 Å². The van der Waals surface area contributed by atoms with Gasteiger partial charge in [-0.15, -0.1) is 0 Å². The molecule has 1 aliphatic rings.